The summed E-state index contributed by atoms with van der Waals surface area (Å²) in [4.78, 5) is 32.2. The van der Waals surface area contributed by atoms with Gasteiger partial charge in [0.25, 0.3) is 5.91 Å². The Balaban J connectivity index is 1.27. The van der Waals surface area contributed by atoms with Crippen LogP contribution < -0.4 is 9.64 Å². The number of piperazine rings is 1. The van der Waals surface area contributed by atoms with Crippen LogP contribution in [0.15, 0.2) is 78.9 Å². The minimum atomic E-state index is -0.420. The van der Waals surface area contributed by atoms with E-state index in [2.05, 4.69) is 53.1 Å². The Bertz CT molecular complexity index is 1210. The molecule has 2 fully saturated rings. The molecule has 3 aromatic rings. The zero-order valence-electron chi connectivity index (χ0n) is 21.1. The lowest BCUT2D eigenvalue weighted by molar-refractivity contribution is -0.123. The second kappa shape index (κ2) is 11.5. The second-order valence-electron chi connectivity index (χ2n) is 9.57. The first kappa shape index (κ1) is 25.5. The summed E-state index contributed by atoms with van der Waals surface area (Å²) >= 11 is 6.16. The summed E-state index contributed by atoms with van der Waals surface area (Å²) in [6.45, 7) is 5.72. The molecule has 2 heterocycles. The maximum Gasteiger partial charge on any atom is 0.251 e. The highest BCUT2D eigenvalue weighted by Gasteiger charge is 2.43. The number of benzene rings is 3. The molecule has 2 amide bonds. The summed E-state index contributed by atoms with van der Waals surface area (Å²) in [6.07, 6.45) is 1.14. The van der Waals surface area contributed by atoms with E-state index >= 15 is 0 Å². The Kier molecular flexibility index (Phi) is 7.89. The fourth-order valence-electron chi connectivity index (χ4n) is 5.29. The first-order valence-corrected chi connectivity index (χ1v) is 13.3. The maximum atomic E-state index is 13.4. The van der Waals surface area contributed by atoms with Crippen molar-refractivity contribution in [2.75, 3.05) is 37.7 Å². The van der Waals surface area contributed by atoms with Gasteiger partial charge in [-0.1, -0.05) is 61.0 Å². The molecule has 2 atom stereocenters. The number of halogens is 1. The third-order valence-electron chi connectivity index (χ3n) is 7.15. The molecule has 2 aliphatic heterocycles. The average Bonchev–Trinajstić information content (AvgIpc) is 3.23. The fraction of sp³-hybridized carbons (Fsp3) is 0.333. The average molecular weight is 518 g/mol. The molecule has 0 aliphatic carbocycles. The van der Waals surface area contributed by atoms with Crippen molar-refractivity contribution < 1.29 is 14.3 Å². The van der Waals surface area contributed by atoms with Gasteiger partial charge in [0.1, 0.15) is 5.75 Å². The van der Waals surface area contributed by atoms with Gasteiger partial charge in [0.05, 0.1) is 30.8 Å². The van der Waals surface area contributed by atoms with Crippen LogP contribution >= 0.6 is 11.6 Å². The molecule has 0 N–H and O–H groups in total. The monoisotopic (exact) mass is 517 g/mol. The van der Waals surface area contributed by atoms with Crippen molar-refractivity contribution in [2.24, 2.45) is 0 Å². The number of imide groups is 1. The van der Waals surface area contributed by atoms with Crippen LogP contribution in [0.3, 0.4) is 0 Å². The van der Waals surface area contributed by atoms with Gasteiger partial charge in [0, 0.05) is 31.2 Å². The lowest BCUT2D eigenvalue weighted by atomic mass is 9.96. The van der Waals surface area contributed by atoms with Gasteiger partial charge >= 0.3 is 0 Å². The maximum absolute atomic E-state index is 13.4. The predicted molar refractivity (Wildman–Crippen MR) is 146 cm³/mol. The van der Waals surface area contributed by atoms with E-state index in [-0.39, 0.29) is 24.3 Å². The third kappa shape index (κ3) is 5.57. The number of anilines is 1. The Morgan fingerprint density at radius 3 is 2.16 bits per heavy atom. The van der Waals surface area contributed by atoms with Gasteiger partial charge in [-0.3, -0.25) is 19.4 Å². The van der Waals surface area contributed by atoms with Crippen LogP contribution in [0.2, 0.25) is 5.02 Å². The van der Waals surface area contributed by atoms with E-state index < -0.39 is 6.04 Å². The zero-order valence-corrected chi connectivity index (χ0v) is 21.8. The highest BCUT2D eigenvalue weighted by molar-refractivity contribution is 6.30. The number of rotatable bonds is 8. The molecular formula is C30H32ClN3O3. The van der Waals surface area contributed by atoms with E-state index in [1.54, 1.807) is 12.1 Å². The van der Waals surface area contributed by atoms with Crippen molar-refractivity contribution in [3.05, 3.63) is 95.0 Å². The van der Waals surface area contributed by atoms with Gasteiger partial charge in [-0.05, 0) is 53.9 Å². The molecule has 6 nitrogen and oxygen atoms in total. The van der Waals surface area contributed by atoms with Crippen molar-refractivity contribution in [3.8, 4) is 5.75 Å². The Hall–Kier alpha value is -3.19. The molecule has 0 spiro atoms. The first-order valence-electron chi connectivity index (χ1n) is 12.9. The van der Waals surface area contributed by atoms with E-state index in [0.717, 1.165) is 43.4 Å². The predicted octanol–water partition coefficient (Wildman–Crippen LogP) is 5.17. The largest absolute Gasteiger partial charge is 0.494 e. The van der Waals surface area contributed by atoms with E-state index in [4.69, 9.17) is 16.3 Å². The molecule has 2 saturated heterocycles. The van der Waals surface area contributed by atoms with Gasteiger partial charge < -0.3 is 4.74 Å². The van der Waals surface area contributed by atoms with Crippen molar-refractivity contribution in [3.63, 3.8) is 0 Å². The minimum Gasteiger partial charge on any atom is -0.494 e. The number of carbonyl (C=O) groups is 2. The summed E-state index contributed by atoms with van der Waals surface area (Å²) in [7, 11) is 0. The van der Waals surface area contributed by atoms with Crippen LogP contribution in [-0.2, 0) is 9.59 Å². The Labute approximate surface area is 223 Å². The standard InChI is InChI=1S/C30H32ClN3O3/c1-2-20-37-26-14-12-25(13-15-26)34-28(35)21-27(30(34)36)32-16-18-33(19-17-32)29(22-6-4-3-5-7-22)23-8-10-24(31)11-9-23/h3-15,27,29H,2,16-21H2,1H3/t27-,29+/m0/s1. The van der Waals surface area contributed by atoms with E-state index in [0.29, 0.717) is 12.3 Å². The van der Waals surface area contributed by atoms with Crippen molar-refractivity contribution in [1.82, 2.24) is 9.80 Å². The normalized spacial score (nSPS) is 19.8. The minimum absolute atomic E-state index is 0.103. The Morgan fingerprint density at radius 1 is 0.865 bits per heavy atom. The molecule has 0 aromatic heterocycles. The van der Waals surface area contributed by atoms with E-state index in [9.17, 15) is 9.59 Å². The van der Waals surface area contributed by atoms with Crippen LogP contribution in [0, 0.1) is 0 Å². The lowest BCUT2D eigenvalue weighted by Gasteiger charge is -2.41. The topological polar surface area (TPSA) is 53.1 Å². The number of ether oxygens (including phenoxy) is 1. The fourth-order valence-corrected chi connectivity index (χ4v) is 5.41. The first-order chi connectivity index (χ1) is 18.0. The quantitative estimate of drug-likeness (QED) is 0.386. The number of hydrogen-bond donors (Lipinski definition) is 0. The molecule has 0 bridgehead atoms. The van der Waals surface area contributed by atoms with Crippen molar-refractivity contribution in [2.45, 2.75) is 31.8 Å². The molecule has 0 saturated carbocycles. The van der Waals surface area contributed by atoms with E-state index in [1.165, 1.54) is 16.0 Å². The lowest BCUT2D eigenvalue weighted by Crippen LogP contribution is -2.53. The van der Waals surface area contributed by atoms with Crippen LogP contribution in [0.4, 0.5) is 5.69 Å². The summed E-state index contributed by atoms with van der Waals surface area (Å²) in [6, 6.07) is 25.4. The number of hydrogen-bond acceptors (Lipinski definition) is 5. The van der Waals surface area contributed by atoms with Crippen LogP contribution in [0.5, 0.6) is 5.75 Å². The molecule has 3 aromatic carbocycles. The number of nitrogens with zero attached hydrogens (tertiary/aromatic N) is 3. The van der Waals surface area contributed by atoms with Crippen LogP contribution in [-0.4, -0.2) is 60.4 Å². The molecule has 0 unspecified atom stereocenters. The van der Waals surface area contributed by atoms with Gasteiger partial charge in [-0.2, -0.15) is 0 Å². The van der Waals surface area contributed by atoms with Gasteiger partial charge in [0.2, 0.25) is 5.91 Å². The van der Waals surface area contributed by atoms with Crippen molar-refractivity contribution >= 4 is 29.1 Å². The molecule has 2 aliphatic rings. The van der Waals surface area contributed by atoms with Crippen LogP contribution in [0.1, 0.15) is 36.9 Å². The summed E-state index contributed by atoms with van der Waals surface area (Å²) in [5.74, 6) is 0.451. The number of amides is 2. The molecule has 192 valence electrons. The third-order valence-corrected chi connectivity index (χ3v) is 7.40. The summed E-state index contributed by atoms with van der Waals surface area (Å²) < 4.78 is 5.63. The van der Waals surface area contributed by atoms with Gasteiger partial charge in [-0.25, -0.2) is 4.90 Å². The molecule has 0 radical (unpaired) electrons. The highest BCUT2D eigenvalue weighted by Crippen LogP contribution is 2.32. The summed E-state index contributed by atoms with van der Waals surface area (Å²) in [5.41, 5.74) is 3.02. The highest BCUT2D eigenvalue weighted by atomic mass is 35.5. The number of carbonyl (C=O) groups excluding carboxylic acids is 2. The molecule has 5 rings (SSSR count). The molecule has 37 heavy (non-hydrogen) atoms. The molecular weight excluding hydrogens is 486 g/mol. The molecule has 7 heteroatoms. The van der Waals surface area contributed by atoms with Crippen LogP contribution in [0.25, 0.3) is 0 Å². The second-order valence-corrected chi connectivity index (χ2v) is 10.0. The Morgan fingerprint density at radius 2 is 1.51 bits per heavy atom. The van der Waals surface area contributed by atoms with Gasteiger partial charge in [0.15, 0.2) is 0 Å². The van der Waals surface area contributed by atoms with Gasteiger partial charge in [-0.15, -0.1) is 0 Å². The summed E-state index contributed by atoms with van der Waals surface area (Å²) in [5, 5.41) is 0.720. The van der Waals surface area contributed by atoms with Crippen molar-refractivity contribution in [1.29, 1.82) is 0 Å². The SMILES string of the molecule is CCCOc1ccc(N2C(=O)C[C@H](N3CCN([C@H](c4ccccc4)c4ccc(Cl)cc4)CC3)C2=O)cc1. The van der Waals surface area contributed by atoms with E-state index in [1.807, 2.05) is 30.3 Å². The smallest absolute Gasteiger partial charge is 0.251 e. The zero-order chi connectivity index (χ0) is 25.8.